The fraction of sp³-hybridized carbons (Fsp3) is 0.250. The molecule has 2 aromatic rings. The van der Waals surface area contributed by atoms with Gasteiger partial charge in [-0.15, -0.1) is 0 Å². The van der Waals surface area contributed by atoms with Crippen LogP contribution in [0, 0.1) is 5.82 Å². The molecule has 0 aliphatic carbocycles. The molecule has 0 aromatic heterocycles. The fourth-order valence-corrected chi connectivity index (χ4v) is 1.95. The monoisotopic (exact) mass is 259 g/mol. The van der Waals surface area contributed by atoms with Crippen molar-refractivity contribution >= 4 is 0 Å². The van der Waals surface area contributed by atoms with Gasteiger partial charge in [0.15, 0.2) is 0 Å². The molecule has 0 bridgehead atoms. The van der Waals surface area contributed by atoms with Crippen molar-refractivity contribution in [1.82, 2.24) is 5.32 Å². The Hall–Kier alpha value is -1.71. The first-order chi connectivity index (χ1) is 9.16. The van der Waals surface area contributed by atoms with E-state index in [0.717, 1.165) is 0 Å². The maximum atomic E-state index is 12.8. The number of rotatable bonds is 5. The van der Waals surface area contributed by atoms with Crippen LogP contribution in [-0.4, -0.2) is 11.7 Å². The Morgan fingerprint density at radius 3 is 2.26 bits per heavy atom. The minimum atomic E-state index is -0.633. The molecule has 0 heterocycles. The molecule has 2 aromatic carbocycles. The summed E-state index contributed by atoms with van der Waals surface area (Å²) < 4.78 is 12.8. The number of benzene rings is 2. The topological polar surface area (TPSA) is 32.3 Å². The summed E-state index contributed by atoms with van der Waals surface area (Å²) in [7, 11) is 0. The molecule has 2 nitrogen and oxygen atoms in total. The highest BCUT2D eigenvalue weighted by Gasteiger charge is 2.10. The number of hydrogen-bond acceptors (Lipinski definition) is 2. The molecule has 2 N–H and O–H groups in total. The third-order valence-corrected chi connectivity index (χ3v) is 3.17. The summed E-state index contributed by atoms with van der Waals surface area (Å²) >= 11 is 0. The Bertz CT molecular complexity index is 498. The fourth-order valence-electron chi connectivity index (χ4n) is 1.95. The van der Waals surface area contributed by atoms with Crippen LogP contribution in [0.5, 0.6) is 0 Å². The second-order valence-electron chi connectivity index (χ2n) is 4.61. The summed E-state index contributed by atoms with van der Waals surface area (Å²) in [4.78, 5) is 0. The van der Waals surface area contributed by atoms with E-state index in [1.165, 1.54) is 17.7 Å². The molecule has 0 unspecified atom stereocenters. The second-order valence-corrected chi connectivity index (χ2v) is 4.61. The Morgan fingerprint density at radius 2 is 1.63 bits per heavy atom. The summed E-state index contributed by atoms with van der Waals surface area (Å²) in [6.45, 7) is 2.48. The van der Waals surface area contributed by atoms with Crippen molar-refractivity contribution in [3.63, 3.8) is 0 Å². The summed E-state index contributed by atoms with van der Waals surface area (Å²) in [5, 5.41) is 13.3. The van der Waals surface area contributed by atoms with Crippen molar-refractivity contribution in [1.29, 1.82) is 0 Å². The molecule has 0 saturated heterocycles. The van der Waals surface area contributed by atoms with Gasteiger partial charge in [0, 0.05) is 12.6 Å². The van der Waals surface area contributed by atoms with Gasteiger partial charge in [-0.3, -0.25) is 0 Å². The molecule has 2 rings (SSSR count). The van der Waals surface area contributed by atoms with E-state index in [4.69, 9.17) is 0 Å². The summed E-state index contributed by atoms with van der Waals surface area (Å²) in [6.07, 6.45) is -0.633. The SMILES string of the molecule is C[C@@H](NC[C@@H](O)c1ccc(F)cc1)c1ccccc1. The van der Waals surface area contributed by atoms with Crippen molar-refractivity contribution in [3.05, 3.63) is 71.5 Å². The van der Waals surface area contributed by atoms with Gasteiger partial charge >= 0.3 is 0 Å². The number of nitrogens with one attached hydrogen (secondary N) is 1. The predicted octanol–water partition coefficient (Wildman–Crippen LogP) is 3.21. The molecule has 0 fully saturated rings. The van der Waals surface area contributed by atoms with E-state index < -0.39 is 6.10 Å². The van der Waals surface area contributed by atoms with Crippen molar-refractivity contribution in [2.75, 3.05) is 6.54 Å². The molecule has 0 spiro atoms. The highest BCUT2D eigenvalue weighted by atomic mass is 19.1. The molecular formula is C16H18FNO. The van der Waals surface area contributed by atoms with Crippen molar-refractivity contribution in [3.8, 4) is 0 Å². The van der Waals surface area contributed by atoms with E-state index in [0.29, 0.717) is 12.1 Å². The van der Waals surface area contributed by atoms with E-state index in [9.17, 15) is 9.50 Å². The molecule has 0 aliphatic rings. The van der Waals surface area contributed by atoms with E-state index in [-0.39, 0.29) is 11.9 Å². The van der Waals surface area contributed by atoms with Crippen LogP contribution in [0.4, 0.5) is 4.39 Å². The molecule has 3 heteroatoms. The molecule has 0 saturated carbocycles. The summed E-state index contributed by atoms with van der Waals surface area (Å²) in [5.41, 5.74) is 1.89. The van der Waals surface area contributed by atoms with E-state index >= 15 is 0 Å². The summed E-state index contributed by atoms with van der Waals surface area (Å²) in [5.74, 6) is -0.290. The maximum Gasteiger partial charge on any atom is 0.123 e. The van der Waals surface area contributed by atoms with Crippen molar-refractivity contribution in [2.45, 2.75) is 19.1 Å². The predicted molar refractivity (Wildman–Crippen MR) is 74.2 cm³/mol. The lowest BCUT2D eigenvalue weighted by atomic mass is 10.1. The van der Waals surface area contributed by atoms with Crippen molar-refractivity contribution < 1.29 is 9.50 Å². The quantitative estimate of drug-likeness (QED) is 0.864. The minimum Gasteiger partial charge on any atom is -0.387 e. The number of hydrogen-bond donors (Lipinski definition) is 2. The highest BCUT2D eigenvalue weighted by molar-refractivity contribution is 5.20. The van der Waals surface area contributed by atoms with Crippen LogP contribution in [0.15, 0.2) is 54.6 Å². The molecule has 0 aliphatic heterocycles. The third-order valence-electron chi connectivity index (χ3n) is 3.17. The molecule has 19 heavy (non-hydrogen) atoms. The van der Waals surface area contributed by atoms with Crippen LogP contribution in [0.25, 0.3) is 0 Å². The average molecular weight is 259 g/mol. The number of halogens is 1. The lowest BCUT2D eigenvalue weighted by Crippen LogP contribution is -2.24. The second kappa shape index (κ2) is 6.45. The van der Waals surface area contributed by atoms with Gasteiger partial charge in [0.2, 0.25) is 0 Å². The van der Waals surface area contributed by atoms with Gasteiger partial charge in [-0.1, -0.05) is 42.5 Å². The molecule has 0 radical (unpaired) electrons. The largest absolute Gasteiger partial charge is 0.387 e. The van der Waals surface area contributed by atoms with Crippen molar-refractivity contribution in [2.24, 2.45) is 0 Å². The van der Waals surface area contributed by atoms with Crippen LogP contribution in [0.2, 0.25) is 0 Å². The first kappa shape index (κ1) is 13.7. The zero-order valence-corrected chi connectivity index (χ0v) is 10.9. The molecule has 0 amide bonds. The zero-order valence-electron chi connectivity index (χ0n) is 10.9. The van der Waals surface area contributed by atoms with Gasteiger partial charge < -0.3 is 10.4 Å². The van der Waals surface area contributed by atoms with Gasteiger partial charge in [-0.2, -0.15) is 0 Å². The van der Waals surface area contributed by atoms with Crippen LogP contribution >= 0.6 is 0 Å². The Balaban J connectivity index is 1.90. The summed E-state index contributed by atoms with van der Waals surface area (Å²) in [6, 6.07) is 16.1. The van der Waals surface area contributed by atoms with E-state index in [2.05, 4.69) is 5.32 Å². The molecular weight excluding hydrogens is 241 g/mol. The van der Waals surface area contributed by atoms with Crippen LogP contribution in [0.3, 0.4) is 0 Å². The first-order valence-electron chi connectivity index (χ1n) is 6.38. The van der Waals surface area contributed by atoms with E-state index in [1.807, 2.05) is 37.3 Å². The maximum absolute atomic E-state index is 12.8. The minimum absolute atomic E-state index is 0.163. The van der Waals surface area contributed by atoms with Gasteiger partial charge in [-0.05, 0) is 30.2 Å². The smallest absolute Gasteiger partial charge is 0.123 e. The number of aliphatic hydroxyl groups is 1. The lowest BCUT2D eigenvalue weighted by molar-refractivity contribution is 0.170. The van der Waals surface area contributed by atoms with Gasteiger partial charge in [0.05, 0.1) is 6.10 Å². The Morgan fingerprint density at radius 1 is 1.00 bits per heavy atom. The van der Waals surface area contributed by atoms with Gasteiger partial charge in [0.25, 0.3) is 0 Å². The highest BCUT2D eigenvalue weighted by Crippen LogP contribution is 2.15. The average Bonchev–Trinajstić information content (AvgIpc) is 2.46. The molecule has 100 valence electrons. The van der Waals surface area contributed by atoms with E-state index in [1.54, 1.807) is 12.1 Å². The van der Waals surface area contributed by atoms with Crippen LogP contribution < -0.4 is 5.32 Å². The van der Waals surface area contributed by atoms with Crippen LogP contribution in [0.1, 0.15) is 30.2 Å². The lowest BCUT2D eigenvalue weighted by Gasteiger charge is -2.17. The Labute approximate surface area is 112 Å². The van der Waals surface area contributed by atoms with Gasteiger partial charge in [-0.25, -0.2) is 4.39 Å². The zero-order chi connectivity index (χ0) is 13.7. The number of aliphatic hydroxyl groups excluding tert-OH is 1. The standard InChI is InChI=1S/C16H18FNO/c1-12(13-5-3-2-4-6-13)18-11-16(19)14-7-9-15(17)10-8-14/h2-10,12,16,18-19H,11H2,1H3/t12-,16-/m1/s1. The van der Waals surface area contributed by atoms with Crippen LogP contribution in [-0.2, 0) is 0 Å². The first-order valence-corrected chi connectivity index (χ1v) is 6.38. The normalized spacial score (nSPS) is 14.1. The molecule has 2 atom stereocenters. The third kappa shape index (κ3) is 3.88. The Kier molecular flexibility index (Phi) is 4.66. The van der Waals surface area contributed by atoms with Gasteiger partial charge in [0.1, 0.15) is 5.82 Å².